The van der Waals surface area contributed by atoms with E-state index in [0.717, 1.165) is 0 Å². The molecule has 1 fully saturated rings. The fraction of sp³-hybridized carbons (Fsp3) is 0.833. The van der Waals surface area contributed by atoms with Gasteiger partial charge in [-0.3, -0.25) is 9.69 Å². The fourth-order valence-electron chi connectivity index (χ4n) is 0.701. The number of carbonyl (C=O) groups is 1. The fourth-order valence-corrected chi connectivity index (χ4v) is 1.79. The van der Waals surface area contributed by atoms with Gasteiger partial charge >= 0.3 is 0 Å². The molecule has 1 N–H and O–H groups in total. The first-order chi connectivity index (χ1) is 4.85. The number of hydrogen-bond donors (Lipinski definition) is 1. The topological polar surface area (TPSA) is 40.5 Å². The third-order valence-corrected chi connectivity index (χ3v) is 2.29. The Bertz CT molecular complexity index is 83.8. The van der Waals surface area contributed by atoms with E-state index in [4.69, 9.17) is 9.90 Å². The van der Waals surface area contributed by atoms with Crippen molar-refractivity contribution in [3.05, 3.63) is 0 Å². The zero-order chi connectivity index (χ0) is 7.82. The van der Waals surface area contributed by atoms with Crippen molar-refractivity contribution < 1.29 is 9.90 Å². The summed E-state index contributed by atoms with van der Waals surface area (Å²) in [6.07, 6.45) is 0. The Labute approximate surface area is 65.4 Å². The van der Waals surface area contributed by atoms with E-state index < -0.39 is 0 Å². The van der Waals surface area contributed by atoms with Crippen LogP contribution in [0.15, 0.2) is 0 Å². The molecule has 0 amide bonds. The average molecular weight is 163 g/mol. The van der Waals surface area contributed by atoms with Crippen molar-refractivity contribution in [2.45, 2.75) is 6.92 Å². The molecule has 0 aromatic rings. The Morgan fingerprint density at radius 3 is 2.60 bits per heavy atom. The van der Waals surface area contributed by atoms with E-state index in [1.807, 2.05) is 11.8 Å². The lowest BCUT2D eigenvalue weighted by atomic mass is 10.6. The molecule has 1 aliphatic heterocycles. The predicted octanol–water partition coefficient (Wildman–Crippen LogP) is 0.713. The van der Waals surface area contributed by atoms with Crippen LogP contribution in [0.2, 0.25) is 0 Å². The van der Waals surface area contributed by atoms with Gasteiger partial charge in [-0.05, 0) is 6.54 Å². The van der Waals surface area contributed by atoms with Gasteiger partial charge in [-0.15, -0.1) is 11.8 Å². The highest BCUT2D eigenvalue weighted by Crippen LogP contribution is 2.11. The summed E-state index contributed by atoms with van der Waals surface area (Å²) < 4.78 is 0. The Kier molecular flexibility index (Phi) is 6.74. The third kappa shape index (κ3) is 4.64. The van der Waals surface area contributed by atoms with Crippen LogP contribution in [0.25, 0.3) is 0 Å². The van der Waals surface area contributed by atoms with Gasteiger partial charge in [0, 0.05) is 18.2 Å². The second-order valence-electron chi connectivity index (χ2n) is 1.85. The highest BCUT2D eigenvalue weighted by atomic mass is 32.2. The van der Waals surface area contributed by atoms with Crippen LogP contribution in [-0.2, 0) is 4.79 Å². The van der Waals surface area contributed by atoms with E-state index in [9.17, 15) is 0 Å². The first kappa shape index (κ1) is 9.78. The number of hydrogen-bond acceptors (Lipinski definition) is 3. The first-order valence-corrected chi connectivity index (χ1v) is 4.38. The minimum Gasteiger partial charge on any atom is -0.483 e. The second-order valence-corrected chi connectivity index (χ2v) is 2.93. The molecular formula is C6H13NO2S. The molecule has 1 rings (SSSR count). The van der Waals surface area contributed by atoms with Crippen molar-refractivity contribution >= 4 is 18.2 Å². The predicted molar refractivity (Wildman–Crippen MR) is 43.3 cm³/mol. The van der Waals surface area contributed by atoms with Gasteiger partial charge in [0.25, 0.3) is 6.47 Å². The monoisotopic (exact) mass is 163 g/mol. The molecular weight excluding hydrogens is 150 g/mol. The van der Waals surface area contributed by atoms with Crippen LogP contribution in [0.3, 0.4) is 0 Å². The van der Waals surface area contributed by atoms with Crippen LogP contribution in [0, 0.1) is 0 Å². The minimum absolute atomic E-state index is 0.250. The summed E-state index contributed by atoms with van der Waals surface area (Å²) in [7, 11) is 0. The minimum atomic E-state index is -0.250. The maximum Gasteiger partial charge on any atom is 0.290 e. The molecule has 1 heterocycles. The molecule has 0 radical (unpaired) electrons. The largest absolute Gasteiger partial charge is 0.483 e. The van der Waals surface area contributed by atoms with E-state index in [2.05, 4.69) is 11.8 Å². The number of carboxylic acid groups (broad SMARTS) is 1. The van der Waals surface area contributed by atoms with Crippen molar-refractivity contribution in [2.75, 3.05) is 24.7 Å². The molecule has 0 saturated carbocycles. The van der Waals surface area contributed by atoms with Gasteiger partial charge in [-0.1, -0.05) is 6.92 Å². The lowest BCUT2D eigenvalue weighted by Gasteiger charge is -2.07. The second kappa shape index (κ2) is 6.89. The molecule has 60 valence electrons. The normalized spacial score (nSPS) is 17.7. The quantitative estimate of drug-likeness (QED) is 0.578. The molecule has 0 spiro atoms. The van der Waals surface area contributed by atoms with E-state index in [1.54, 1.807) is 0 Å². The molecule has 1 saturated heterocycles. The van der Waals surface area contributed by atoms with Crippen molar-refractivity contribution in [2.24, 2.45) is 0 Å². The van der Waals surface area contributed by atoms with Gasteiger partial charge in [-0.25, -0.2) is 0 Å². The highest BCUT2D eigenvalue weighted by molar-refractivity contribution is 7.99. The number of nitrogens with zero attached hydrogens (tertiary/aromatic N) is 1. The van der Waals surface area contributed by atoms with Crippen molar-refractivity contribution in [1.82, 2.24) is 4.90 Å². The Balaban J connectivity index is 0.000000236. The Hall–Kier alpha value is -0.220. The van der Waals surface area contributed by atoms with Crippen molar-refractivity contribution in [1.29, 1.82) is 0 Å². The van der Waals surface area contributed by atoms with Crippen LogP contribution < -0.4 is 0 Å². The van der Waals surface area contributed by atoms with E-state index in [1.165, 1.54) is 24.7 Å². The van der Waals surface area contributed by atoms with Crippen molar-refractivity contribution in [3.8, 4) is 0 Å². The van der Waals surface area contributed by atoms with Gasteiger partial charge in [0.2, 0.25) is 0 Å². The number of thioether (sulfide) groups is 1. The molecule has 0 atom stereocenters. The molecule has 10 heavy (non-hydrogen) atoms. The van der Waals surface area contributed by atoms with Crippen LogP contribution in [0.1, 0.15) is 6.92 Å². The summed E-state index contributed by atoms with van der Waals surface area (Å²) in [5, 5.41) is 6.89. The summed E-state index contributed by atoms with van der Waals surface area (Å²) in [4.78, 5) is 10.8. The molecule has 0 aromatic carbocycles. The average Bonchev–Trinajstić information content (AvgIpc) is 2.39. The molecule has 0 aliphatic carbocycles. The van der Waals surface area contributed by atoms with Crippen LogP contribution in [0.4, 0.5) is 0 Å². The third-order valence-electron chi connectivity index (χ3n) is 1.27. The van der Waals surface area contributed by atoms with E-state index in [-0.39, 0.29) is 6.47 Å². The summed E-state index contributed by atoms with van der Waals surface area (Å²) in [6, 6.07) is 0. The summed E-state index contributed by atoms with van der Waals surface area (Å²) >= 11 is 2.03. The summed E-state index contributed by atoms with van der Waals surface area (Å²) in [6.45, 7) is 4.50. The highest BCUT2D eigenvalue weighted by Gasteiger charge is 2.07. The molecule has 4 heteroatoms. The maximum absolute atomic E-state index is 8.36. The van der Waals surface area contributed by atoms with Crippen LogP contribution in [0.5, 0.6) is 0 Å². The van der Waals surface area contributed by atoms with Gasteiger partial charge < -0.3 is 5.11 Å². The number of rotatable bonds is 1. The zero-order valence-electron chi connectivity index (χ0n) is 6.12. The van der Waals surface area contributed by atoms with E-state index >= 15 is 0 Å². The van der Waals surface area contributed by atoms with E-state index in [0.29, 0.717) is 0 Å². The first-order valence-electron chi connectivity index (χ1n) is 3.23. The smallest absolute Gasteiger partial charge is 0.290 e. The van der Waals surface area contributed by atoms with Crippen molar-refractivity contribution in [3.63, 3.8) is 0 Å². The SMILES string of the molecule is CCN1CCSC1.O=CO. The maximum atomic E-state index is 8.36. The Morgan fingerprint density at radius 2 is 2.40 bits per heavy atom. The van der Waals surface area contributed by atoms with Gasteiger partial charge in [0.05, 0.1) is 0 Å². The molecule has 0 unspecified atom stereocenters. The standard InChI is InChI=1S/C5H11NS.CH2O2/c1-2-6-3-4-7-5-6;2-1-3/h2-5H2,1H3;1H,(H,2,3). The summed E-state index contributed by atoms with van der Waals surface area (Å²) in [5.41, 5.74) is 0. The Morgan fingerprint density at radius 1 is 1.80 bits per heavy atom. The zero-order valence-corrected chi connectivity index (χ0v) is 6.93. The van der Waals surface area contributed by atoms with Gasteiger partial charge in [0.1, 0.15) is 0 Å². The molecule has 1 aliphatic rings. The molecule has 0 aromatic heterocycles. The lowest BCUT2D eigenvalue weighted by Crippen LogP contribution is -2.17. The van der Waals surface area contributed by atoms with Gasteiger partial charge in [0.15, 0.2) is 0 Å². The lowest BCUT2D eigenvalue weighted by molar-refractivity contribution is -0.122. The molecule has 0 bridgehead atoms. The van der Waals surface area contributed by atoms with Crippen LogP contribution in [-0.4, -0.2) is 41.2 Å². The summed E-state index contributed by atoms with van der Waals surface area (Å²) in [5.74, 6) is 2.60. The van der Waals surface area contributed by atoms with Gasteiger partial charge in [-0.2, -0.15) is 0 Å². The molecule has 3 nitrogen and oxygen atoms in total. The van der Waals surface area contributed by atoms with Crippen LogP contribution >= 0.6 is 11.8 Å².